The van der Waals surface area contributed by atoms with E-state index in [1.807, 2.05) is 90.9 Å². The first-order valence-corrected chi connectivity index (χ1v) is 37.3. The third-order valence-electron chi connectivity index (χ3n) is 20.5. The van der Waals surface area contributed by atoms with Crippen molar-refractivity contribution in [3.05, 3.63) is 77.9 Å². The summed E-state index contributed by atoms with van der Waals surface area (Å²) in [5.41, 5.74) is 7.39. The molecule has 5 rings (SSSR count). The smallest absolute Gasteiger partial charge is 0.312 e. The number of rotatable bonds is 45. The molecule has 28 heteroatoms. The quantitative estimate of drug-likeness (QED) is 0.0332. The topological polar surface area (TPSA) is 384 Å². The summed E-state index contributed by atoms with van der Waals surface area (Å²) in [6.45, 7) is 17.3. The predicted molar refractivity (Wildman–Crippen MR) is 395 cm³/mol. The van der Waals surface area contributed by atoms with Crippen molar-refractivity contribution in [3.8, 4) is 0 Å². The summed E-state index contributed by atoms with van der Waals surface area (Å²) in [5, 5.41) is 38.5. The number of hydrogen-bond acceptors (Lipinski definition) is 18. The number of ketones is 2. The number of urea groups is 1. The summed E-state index contributed by atoms with van der Waals surface area (Å²) in [5.74, 6) is -7.05. The number of methoxy groups -OCH3 is 2. The number of aliphatic hydroxyl groups is 2. The van der Waals surface area contributed by atoms with Crippen molar-refractivity contribution < 1.29 is 82.0 Å². The minimum atomic E-state index is -1.71. The molecule has 2 saturated heterocycles. The summed E-state index contributed by atoms with van der Waals surface area (Å²) in [6, 6.07) is 11.2. The lowest BCUT2D eigenvalue weighted by Gasteiger charge is -2.41. The number of ether oxygens (including phenoxy) is 3. The fourth-order valence-electron chi connectivity index (χ4n) is 14.4. The van der Waals surface area contributed by atoms with Crippen LogP contribution < -0.4 is 37.6 Å². The molecule has 0 saturated carbocycles. The van der Waals surface area contributed by atoms with Crippen LogP contribution in [0.25, 0.3) is 0 Å². The second kappa shape index (κ2) is 43.0. The van der Waals surface area contributed by atoms with E-state index in [0.29, 0.717) is 63.6 Å². The highest BCUT2D eigenvalue weighted by Crippen LogP contribution is 2.31. The first kappa shape index (κ1) is 87.6. The van der Waals surface area contributed by atoms with Crippen molar-refractivity contribution in [2.24, 2.45) is 41.2 Å². The number of nitrogens with zero attached hydrogens (tertiary/aromatic N) is 4. The van der Waals surface area contributed by atoms with Gasteiger partial charge in [-0.1, -0.05) is 118 Å². The van der Waals surface area contributed by atoms with Crippen LogP contribution in [0.4, 0.5) is 10.5 Å². The van der Waals surface area contributed by atoms with Crippen LogP contribution in [0, 0.1) is 35.5 Å². The molecule has 3 aliphatic rings. The monoisotopic (exact) mass is 1470 g/mol. The van der Waals surface area contributed by atoms with Gasteiger partial charge in [-0.25, -0.2) is 4.79 Å². The van der Waals surface area contributed by atoms with Gasteiger partial charge < -0.3 is 71.9 Å². The summed E-state index contributed by atoms with van der Waals surface area (Å²) in [6.07, 6.45) is -0.454. The standard InChI is InChI=1S/C77H119N11O17/c1-15-48(8)67(86(12)76(101)65(46(4)5)84-74(99)66(47(6)7)85(10)11)58(103-13)43-63(94)87-40-24-29-55(87)70(104-14)49(9)72(97)82-54(41-51-25-18-16-19-26-51)56(89)30-22-27-50-32-34-53(35-33-50)81-73(98)52(28-23-38-79-77(78)102)42-57(90)64(45(2)3)83-75(100)71-69(96)68(95)59(105-71)44-80-60(91)31-20-17-21-39-88-61(92)36-37-62(88)93/h16,18-19,25-26,32-37,45-49,52,54-55,58-59,64-71,95-96H,15,17,20-24,27-31,38-44H2,1-14H3,(H,80,91)(H,81,98)(H,82,97)(H,83,100)(H,84,99)(H3,78,79,102)/t48-,49+,52-,54-,55-,58+,59+,64?,65?,66-,67-,68+,69+,70+,71+/m0/s1. The Morgan fingerprint density at radius 2 is 1.35 bits per heavy atom. The lowest BCUT2D eigenvalue weighted by Crippen LogP contribution is -2.59. The summed E-state index contributed by atoms with van der Waals surface area (Å²) >= 11 is 0. The van der Waals surface area contributed by atoms with Crippen molar-refractivity contribution in [2.75, 3.05) is 66.9 Å². The molecule has 0 radical (unpaired) electrons. The molecule has 105 heavy (non-hydrogen) atoms. The number of likely N-dealkylation sites (tertiary alicyclic amines) is 1. The van der Waals surface area contributed by atoms with Gasteiger partial charge in [-0.05, 0) is 119 Å². The van der Waals surface area contributed by atoms with Gasteiger partial charge in [0.15, 0.2) is 17.7 Å². The molecular weight excluding hydrogens is 1350 g/mol. The zero-order chi connectivity index (χ0) is 77.9. The van der Waals surface area contributed by atoms with Gasteiger partial charge in [0, 0.05) is 90.5 Å². The Morgan fingerprint density at radius 3 is 1.94 bits per heavy atom. The molecule has 2 aromatic rings. The molecule has 584 valence electrons. The van der Waals surface area contributed by atoms with E-state index in [-0.39, 0.29) is 124 Å². The van der Waals surface area contributed by atoms with Crippen molar-refractivity contribution >= 4 is 76.4 Å². The molecular formula is C77H119N11O17. The number of benzene rings is 2. The maximum atomic E-state index is 14.7. The Balaban J connectivity index is 1.18. The number of Topliss-reactive ketones (excluding diaryl/α,β-unsaturated/α-hetero) is 2. The highest BCUT2D eigenvalue weighted by molar-refractivity contribution is 6.12. The fraction of sp³-hybridized carbons (Fsp3) is 0.662. The Hall–Kier alpha value is -8.02. The number of aryl methyl sites for hydroxylation is 1. The molecule has 0 aliphatic carbocycles. The highest BCUT2D eigenvalue weighted by atomic mass is 16.5. The van der Waals surface area contributed by atoms with Gasteiger partial charge >= 0.3 is 6.03 Å². The molecule has 0 bridgehead atoms. The molecule has 2 unspecified atom stereocenters. The number of carbonyl (C=O) groups is 12. The number of imide groups is 1. The number of nitrogens with two attached hydrogens (primary N) is 1. The van der Waals surface area contributed by atoms with Crippen LogP contribution in [-0.4, -0.2) is 235 Å². The minimum Gasteiger partial charge on any atom is -0.388 e. The van der Waals surface area contributed by atoms with E-state index in [1.165, 1.54) is 26.4 Å². The van der Waals surface area contributed by atoms with Crippen molar-refractivity contribution in [1.29, 1.82) is 0 Å². The first-order chi connectivity index (χ1) is 49.7. The molecule has 15 atom stereocenters. The molecule has 3 heterocycles. The lowest BCUT2D eigenvalue weighted by atomic mass is 9.89. The average molecular weight is 1470 g/mol. The molecule has 10 N–H and O–H groups in total. The van der Waals surface area contributed by atoms with Crippen LogP contribution in [0.2, 0.25) is 0 Å². The highest BCUT2D eigenvalue weighted by Gasteiger charge is 2.48. The zero-order valence-corrected chi connectivity index (χ0v) is 64.1. The van der Waals surface area contributed by atoms with Gasteiger partial charge in [0.05, 0.1) is 54.8 Å². The summed E-state index contributed by atoms with van der Waals surface area (Å²) in [7, 11) is 8.41. The number of nitrogens with one attached hydrogen (secondary N) is 6. The lowest BCUT2D eigenvalue weighted by molar-refractivity contribution is -0.148. The molecule has 2 fully saturated rings. The Bertz CT molecular complexity index is 3230. The van der Waals surface area contributed by atoms with Gasteiger partial charge in [0.1, 0.15) is 24.4 Å². The first-order valence-electron chi connectivity index (χ1n) is 37.3. The van der Waals surface area contributed by atoms with Crippen LogP contribution in [0.15, 0.2) is 66.7 Å². The van der Waals surface area contributed by atoms with Gasteiger partial charge in [-0.3, -0.25) is 62.5 Å². The Labute approximate surface area is 619 Å². The van der Waals surface area contributed by atoms with Crippen LogP contribution in [0.3, 0.4) is 0 Å². The van der Waals surface area contributed by atoms with Gasteiger partial charge in [0.2, 0.25) is 35.4 Å². The third kappa shape index (κ3) is 25.9. The van der Waals surface area contributed by atoms with Gasteiger partial charge in [-0.2, -0.15) is 0 Å². The predicted octanol–water partition coefficient (Wildman–Crippen LogP) is 4.15. The van der Waals surface area contributed by atoms with Crippen LogP contribution in [-0.2, 0) is 79.8 Å². The van der Waals surface area contributed by atoms with E-state index in [9.17, 15) is 67.7 Å². The van der Waals surface area contributed by atoms with Crippen molar-refractivity contribution in [3.63, 3.8) is 0 Å². The van der Waals surface area contributed by atoms with E-state index in [0.717, 1.165) is 16.0 Å². The molecule has 0 spiro atoms. The number of aliphatic hydroxyl groups excluding tert-OH is 2. The van der Waals surface area contributed by atoms with E-state index >= 15 is 0 Å². The average Bonchev–Trinajstić information content (AvgIpc) is 1.79. The Kier molecular flexibility index (Phi) is 35.8. The third-order valence-corrected chi connectivity index (χ3v) is 20.5. The van der Waals surface area contributed by atoms with Gasteiger partial charge in [-0.15, -0.1) is 0 Å². The number of anilines is 1. The number of likely N-dealkylation sites (N-methyl/N-ethyl adjacent to an activating group) is 2. The second-order valence-corrected chi connectivity index (χ2v) is 29.6. The molecule has 3 aliphatic heterocycles. The molecule has 0 aromatic heterocycles. The largest absolute Gasteiger partial charge is 0.388 e. The van der Waals surface area contributed by atoms with E-state index in [4.69, 9.17) is 19.9 Å². The summed E-state index contributed by atoms with van der Waals surface area (Å²) < 4.78 is 18.0. The number of amides is 11. The number of carbonyl (C=O) groups excluding carboxylic acids is 12. The maximum absolute atomic E-state index is 14.7. The molecule has 28 nitrogen and oxygen atoms in total. The number of unbranched alkanes of at least 4 members (excludes halogenated alkanes) is 2. The van der Waals surface area contributed by atoms with Crippen LogP contribution in [0.1, 0.15) is 157 Å². The van der Waals surface area contributed by atoms with Gasteiger partial charge in [0.25, 0.3) is 17.7 Å². The second-order valence-electron chi connectivity index (χ2n) is 29.6. The maximum Gasteiger partial charge on any atom is 0.312 e. The molecule has 11 amide bonds. The SMILES string of the molecule is CC[C@H](C)[C@@H]([C@@H](CC(=O)N1CCC[C@H]1[C@H](OC)[C@@H](C)C(=O)N[C@@H](Cc1ccccc1)C(=O)CCCc1ccc(NC(=O)[C@@H](CCCNC(N)=O)CC(=O)C(NC(=O)[C@@H]2O[C@H](CNC(=O)CCCCCN3C(=O)C=CC3=O)[C@@H](O)[C@H]2O)C(C)C)cc1)OC)N(C)C(=O)C(NC(=O)[C@H](C(C)C)N(C)C)C(C)C. The molecule has 2 aromatic carbocycles. The van der Waals surface area contributed by atoms with E-state index in [1.54, 1.807) is 61.9 Å². The van der Waals surface area contributed by atoms with E-state index in [2.05, 4.69) is 31.9 Å². The number of hydrogen-bond donors (Lipinski definition) is 9. The van der Waals surface area contributed by atoms with Crippen LogP contribution in [0.5, 0.6) is 0 Å². The normalized spacial score (nSPS) is 20.2. The zero-order valence-electron chi connectivity index (χ0n) is 64.1. The number of primary amides is 1. The van der Waals surface area contributed by atoms with E-state index < -0.39 is 120 Å². The summed E-state index contributed by atoms with van der Waals surface area (Å²) in [4.78, 5) is 168. The van der Waals surface area contributed by atoms with Crippen LogP contribution >= 0.6 is 0 Å². The van der Waals surface area contributed by atoms with Crippen molar-refractivity contribution in [2.45, 2.75) is 232 Å². The Morgan fingerprint density at radius 1 is 0.695 bits per heavy atom. The fourth-order valence-corrected chi connectivity index (χ4v) is 14.4. The van der Waals surface area contributed by atoms with Crippen molar-refractivity contribution in [1.82, 2.24) is 46.2 Å². The minimum absolute atomic E-state index is 0.00969.